The van der Waals surface area contributed by atoms with Crippen LogP contribution in [0.1, 0.15) is 51.5 Å². The summed E-state index contributed by atoms with van der Waals surface area (Å²) in [5.74, 6) is 0.628. The summed E-state index contributed by atoms with van der Waals surface area (Å²) in [4.78, 5) is 17.9. The van der Waals surface area contributed by atoms with Crippen molar-refractivity contribution < 1.29 is 19.4 Å². The second-order valence-corrected chi connectivity index (χ2v) is 7.65. The standard InChI is InChI=1S/C22H31N3O4/c1-5-6-7-10-29-21-11-17-18(13-24-9-8-23-14-24)15(2)25(16(3)22(26)27)19(17)12-20(21)28-4/h8-9,11-12,14-16,18H,5-7,10,13H2,1-4H3,(H,26,27). The van der Waals surface area contributed by atoms with Crippen molar-refractivity contribution in [1.29, 1.82) is 0 Å². The average Bonchev–Trinajstić information content (AvgIpc) is 3.31. The fraction of sp³-hybridized carbons (Fsp3) is 0.545. The van der Waals surface area contributed by atoms with E-state index in [1.54, 1.807) is 26.6 Å². The van der Waals surface area contributed by atoms with Gasteiger partial charge in [0.05, 0.1) is 20.0 Å². The maximum Gasteiger partial charge on any atom is 0.326 e. The van der Waals surface area contributed by atoms with E-state index >= 15 is 0 Å². The van der Waals surface area contributed by atoms with Crippen molar-refractivity contribution in [1.82, 2.24) is 9.55 Å². The molecule has 1 N–H and O–H groups in total. The van der Waals surface area contributed by atoms with Crippen LogP contribution in [0.5, 0.6) is 11.5 Å². The molecule has 1 aliphatic heterocycles. The van der Waals surface area contributed by atoms with E-state index in [2.05, 4.69) is 18.8 Å². The summed E-state index contributed by atoms with van der Waals surface area (Å²) < 4.78 is 13.7. The number of carboxylic acids is 1. The first-order valence-corrected chi connectivity index (χ1v) is 10.3. The van der Waals surface area contributed by atoms with Gasteiger partial charge in [0.1, 0.15) is 6.04 Å². The molecule has 0 radical (unpaired) electrons. The molecule has 0 amide bonds. The molecule has 2 heterocycles. The Morgan fingerprint density at radius 2 is 2.10 bits per heavy atom. The molecule has 3 atom stereocenters. The summed E-state index contributed by atoms with van der Waals surface area (Å²) in [6.07, 6.45) is 8.74. The van der Waals surface area contributed by atoms with E-state index in [1.165, 1.54) is 0 Å². The van der Waals surface area contributed by atoms with Gasteiger partial charge in [-0.25, -0.2) is 9.78 Å². The summed E-state index contributed by atoms with van der Waals surface area (Å²) in [5.41, 5.74) is 1.99. The number of carboxylic acid groups (broad SMARTS) is 1. The number of anilines is 1. The average molecular weight is 402 g/mol. The van der Waals surface area contributed by atoms with Crippen LogP contribution < -0.4 is 14.4 Å². The van der Waals surface area contributed by atoms with Crippen molar-refractivity contribution in [2.45, 2.75) is 64.6 Å². The first-order chi connectivity index (χ1) is 14.0. The van der Waals surface area contributed by atoms with Crippen molar-refractivity contribution in [2.75, 3.05) is 18.6 Å². The molecule has 0 aliphatic carbocycles. The van der Waals surface area contributed by atoms with E-state index in [0.29, 0.717) is 12.4 Å². The predicted molar refractivity (Wildman–Crippen MR) is 112 cm³/mol. The second kappa shape index (κ2) is 9.20. The van der Waals surface area contributed by atoms with E-state index in [4.69, 9.17) is 9.47 Å². The molecule has 1 aromatic carbocycles. The number of rotatable bonds is 10. The Kier molecular flexibility index (Phi) is 6.67. The molecule has 29 heavy (non-hydrogen) atoms. The minimum atomic E-state index is -0.843. The molecule has 0 bridgehead atoms. The molecule has 2 aromatic rings. The molecule has 1 aliphatic rings. The summed E-state index contributed by atoms with van der Waals surface area (Å²) in [6, 6.07) is 3.33. The molecule has 0 fully saturated rings. The predicted octanol–water partition coefficient (Wildman–Crippen LogP) is 3.93. The van der Waals surface area contributed by atoms with Gasteiger partial charge in [-0.05, 0) is 31.9 Å². The minimum absolute atomic E-state index is 0.0125. The zero-order valence-corrected chi connectivity index (χ0v) is 17.7. The van der Waals surface area contributed by atoms with Crippen molar-refractivity contribution >= 4 is 11.7 Å². The molecule has 7 heteroatoms. The molecule has 0 saturated carbocycles. The second-order valence-electron chi connectivity index (χ2n) is 7.65. The summed E-state index contributed by atoms with van der Waals surface area (Å²) in [7, 11) is 1.62. The monoisotopic (exact) mass is 401 g/mol. The molecule has 1 aromatic heterocycles. The molecular formula is C22H31N3O4. The Morgan fingerprint density at radius 3 is 2.72 bits per heavy atom. The fourth-order valence-corrected chi connectivity index (χ4v) is 4.12. The number of benzene rings is 1. The Labute approximate surface area is 172 Å². The van der Waals surface area contributed by atoms with Gasteiger partial charge in [0.2, 0.25) is 0 Å². The number of aliphatic carboxylic acids is 1. The lowest BCUT2D eigenvalue weighted by Crippen LogP contribution is -2.44. The highest BCUT2D eigenvalue weighted by molar-refractivity contribution is 5.81. The van der Waals surface area contributed by atoms with Crippen LogP contribution >= 0.6 is 0 Å². The Balaban J connectivity index is 1.98. The van der Waals surface area contributed by atoms with Gasteiger partial charge >= 0.3 is 5.97 Å². The third-order valence-corrected chi connectivity index (χ3v) is 5.76. The van der Waals surface area contributed by atoms with Crippen LogP contribution in [0.3, 0.4) is 0 Å². The van der Waals surface area contributed by atoms with Gasteiger partial charge in [0, 0.05) is 42.7 Å². The number of imidazole rings is 1. The topological polar surface area (TPSA) is 76.8 Å². The van der Waals surface area contributed by atoms with Crippen LogP contribution in [-0.2, 0) is 11.3 Å². The van der Waals surface area contributed by atoms with Crippen LogP contribution in [0, 0.1) is 0 Å². The first kappa shape index (κ1) is 21.0. The highest BCUT2D eigenvalue weighted by Gasteiger charge is 2.41. The molecule has 3 rings (SSSR count). The summed E-state index contributed by atoms with van der Waals surface area (Å²) >= 11 is 0. The lowest BCUT2D eigenvalue weighted by Gasteiger charge is -2.31. The van der Waals surface area contributed by atoms with E-state index < -0.39 is 12.0 Å². The summed E-state index contributed by atoms with van der Waals surface area (Å²) in [6.45, 7) is 7.33. The zero-order valence-electron chi connectivity index (χ0n) is 17.7. The van der Waals surface area contributed by atoms with Gasteiger partial charge in [-0.3, -0.25) is 0 Å². The molecule has 0 spiro atoms. The number of methoxy groups -OCH3 is 1. The Bertz CT molecular complexity index is 822. The number of nitrogens with zero attached hydrogens (tertiary/aromatic N) is 3. The fourth-order valence-electron chi connectivity index (χ4n) is 4.12. The SMILES string of the molecule is CCCCCOc1cc2c(cc1OC)N(C(C)C(=O)O)C(C)C2Cn1ccnc1. The van der Waals surface area contributed by atoms with Gasteiger partial charge < -0.3 is 24.0 Å². The van der Waals surface area contributed by atoms with Gasteiger partial charge in [0.25, 0.3) is 0 Å². The van der Waals surface area contributed by atoms with Crippen molar-refractivity contribution in [3.05, 3.63) is 36.4 Å². The first-order valence-electron chi connectivity index (χ1n) is 10.3. The highest BCUT2D eigenvalue weighted by atomic mass is 16.5. The molecule has 7 nitrogen and oxygen atoms in total. The van der Waals surface area contributed by atoms with Crippen molar-refractivity contribution in [3.63, 3.8) is 0 Å². The largest absolute Gasteiger partial charge is 0.493 e. The lowest BCUT2D eigenvalue weighted by molar-refractivity contribution is -0.138. The van der Waals surface area contributed by atoms with Gasteiger partial charge in [0.15, 0.2) is 11.5 Å². The van der Waals surface area contributed by atoms with Crippen LogP contribution in [-0.4, -0.2) is 46.4 Å². The van der Waals surface area contributed by atoms with E-state index in [9.17, 15) is 9.90 Å². The minimum Gasteiger partial charge on any atom is -0.493 e. The van der Waals surface area contributed by atoms with Crippen LogP contribution in [0.15, 0.2) is 30.9 Å². The number of hydrogen-bond acceptors (Lipinski definition) is 5. The van der Waals surface area contributed by atoms with E-state index in [0.717, 1.165) is 42.8 Å². The smallest absolute Gasteiger partial charge is 0.326 e. The normalized spacial score (nSPS) is 19.1. The maximum atomic E-state index is 11.8. The zero-order chi connectivity index (χ0) is 21.0. The number of fused-ring (bicyclic) bond motifs is 1. The van der Waals surface area contributed by atoms with Crippen LogP contribution in [0.25, 0.3) is 0 Å². The number of aromatic nitrogens is 2. The number of carbonyl (C=O) groups is 1. The number of hydrogen-bond donors (Lipinski definition) is 1. The maximum absolute atomic E-state index is 11.8. The third-order valence-electron chi connectivity index (χ3n) is 5.76. The highest BCUT2D eigenvalue weighted by Crippen LogP contribution is 2.48. The lowest BCUT2D eigenvalue weighted by atomic mass is 9.95. The number of unbranched alkanes of at least 4 members (excludes halogenated alkanes) is 2. The Morgan fingerprint density at radius 1 is 1.31 bits per heavy atom. The van der Waals surface area contributed by atoms with Gasteiger partial charge in [-0.2, -0.15) is 0 Å². The molecule has 3 unspecified atom stereocenters. The molecule has 158 valence electrons. The van der Waals surface area contributed by atoms with Crippen molar-refractivity contribution in [3.8, 4) is 11.5 Å². The van der Waals surface area contributed by atoms with Gasteiger partial charge in [-0.1, -0.05) is 19.8 Å². The quantitative estimate of drug-likeness (QED) is 0.608. The number of ether oxygens (including phenoxy) is 2. The Hall–Kier alpha value is -2.70. The van der Waals surface area contributed by atoms with E-state index in [-0.39, 0.29) is 12.0 Å². The van der Waals surface area contributed by atoms with E-state index in [1.807, 2.05) is 27.8 Å². The summed E-state index contributed by atoms with van der Waals surface area (Å²) in [5, 5.41) is 9.66. The molecule has 0 saturated heterocycles. The van der Waals surface area contributed by atoms with Crippen molar-refractivity contribution in [2.24, 2.45) is 0 Å². The molecular weight excluding hydrogens is 370 g/mol. The third kappa shape index (κ3) is 4.33. The van der Waals surface area contributed by atoms with Crippen LogP contribution in [0.2, 0.25) is 0 Å². The van der Waals surface area contributed by atoms with Gasteiger partial charge in [-0.15, -0.1) is 0 Å². The van der Waals surface area contributed by atoms with Crippen LogP contribution in [0.4, 0.5) is 5.69 Å².